The van der Waals surface area contributed by atoms with Crippen LogP contribution in [0.3, 0.4) is 0 Å². The Morgan fingerprint density at radius 3 is 1.93 bits per heavy atom. The Hall–Kier alpha value is -1.11. The summed E-state index contributed by atoms with van der Waals surface area (Å²) in [5, 5.41) is 0. The van der Waals surface area contributed by atoms with Gasteiger partial charge in [-0.2, -0.15) is 0 Å². The lowest BCUT2D eigenvalue weighted by Gasteiger charge is -2.04. The van der Waals surface area contributed by atoms with Gasteiger partial charge in [0.25, 0.3) is 0 Å². The lowest BCUT2D eigenvalue weighted by molar-refractivity contribution is 0.0939. The molecule has 0 bridgehead atoms. The van der Waals surface area contributed by atoms with Gasteiger partial charge in [0.1, 0.15) is 0 Å². The van der Waals surface area contributed by atoms with Crippen molar-refractivity contribution in [1.82, 2.24) is 0 Å². The standard InChI is InChI=1S/C12H16O.C2H6/c1-4-10-5-7-11(8-6-10)12(13)9(2)3;1-2/h5-9H,4H2,1-3H3;1-2H3. The first-order valence-corrected chi connectivity index (χ1v) is 5.78. The molecule has 1 nitrogen and oxygen atoms in total. The average molecular weight is 206 g/mol. The highest BCUT2D eigenvalue weighted by molar-refractivity contribution is 5.97. The second-order valence-corrected chi connectivity index (χ2v) is 3.57. The minimum Gasteiger partial charge on any atom is -0.294 e. The molecule has 0 atom stereocenters. The second kappa shape index (κ2) is 7.22. The number of carbonyl (C=O) groups excluding carboxylic acids is 1. The summed E-state index contributed by atoms with van der Waals surface area (Å²) in [6.07, 6.45) is 1.02. The van der Waals surface area contributed by atoms with E-state index < -0.39 is 0 Å². The van der Waals surface area contributed by atoms with Crippen molar-refractivity contribution >= 4 is 5.78 Å². The number of carbonyl (C=O) groups is 1. The predicted octanol–water partition coefficient (Wildman–Crippen LogP) is 4.11. The molecular weight excluding hydrogens is 184 g/mol. The van der Waals surface area contributed by atoms with Crippen LogP contribution in [0.4, 0.5) is 0 Å². The van der Waals surface area contributed by atoms with Crippen molar-refractivity contribution in [2.24, 2.45) is 5.92 Å². The van der Waals surface area contributed by atoms with Crippen molar-refractivity contribution in [3.63, 3.8) is 0 Å². The maximum Gasteiger partial charge on any atom is 0.165 e. The summed E-state index contributed by atoms with van der Waals surface area (Å²) in [6.45, 7) is 9.96. The summed E-state index contributed by atoms with van der Waals surface area (Å²) in [5.41, 5.74) is 2.10. The van der Waals surface area contributed by atoms with Crippen LogP contribution in [0.25, 0.3) is 0 Å². The summed E-state index contributed by atoms with van der Waals surface area (Å²) >= 11 is 0. The van der Waals surface area contributed by atoms with Crippen LogP contribution in [0.15, 0.2) is 24.3 Å². The molecule has 1 heteroatoms. The van der Waals surface area contributed by atoms with E-state index in [4.69, 9.17) is 0 Å². The fourth-order valence-electron chi connectivity index (χ4n) is 1.24. The van der Waals surface area contributed by atoms with E-state index in [9.17, 15) is 4.79 Å². The Balaban J connectivity index is 0.000000921. The normalized spacial score (nSPS) is 9.47. The Labute approximate surface area is 93.5 Å². The molecule has 0 saturated carbocycles. The third-order valence-electron chi connectivity index (χ3n) is 2.17. The molecule has 0 aliphatic carbocycles. The Kier molecular flexibility index (Phi) is 6.68. The molecule has 0 aliphatic heterocycles. The van der Waals surface area contributed by atoms with E-state index in [0.29, 0.717) is 0 Å². The molecule has 0 saturated heterocycles. The van der Waals surface area contributed by atoms with Crippen LogP contribution in [0.5, 0.6) is 0 Å². The molecule has 0 aliphatic rings. The van der Waals surface area contributed by atoms with E-state index in [0.717, 1.165) is 12.0 Å². The molecule has 0 spiro atoms. The lowest BCUT2D eigenvalue weighted by Crippen LogP contribution is -2.06. The second-order valence-electron chi connectivity index (χ2n) is 3.57. The number of ketones is 1. The van der Waals surface area contributed by atoms with E-state index in [1.807, 2.05) is 52.0 Å². The van der Waals surface area contributed by atoms with E-state index in [2.05, 4.69) is 6.92 Å². The van der Waals surface area contributed by atoms with Gasteiger partial charge in [-0.25, -0.2) is 0 Å². The monoisotopic (exact) mass is 206 g/mol. The van der Waals surface area contributed by atoms with E-state index in [1.165, 1.54) is 5.56 Å². The van der Waals surface area contributed by atoms with Crippen LogP contribution in [-0.2, 0) is 6.42 Å². The van der Waals surface area contributed by atoms with Gasteiger partial charge in [-0.3, -0.25) is 4.79 Å². The van der Waals surface area contributed by atoms with Gasteiger partial charge in [0.05, 0.1) is 0 Å². The number of hydrogen-bond acceptors (Lipinski definition) is 1. The fraction of sp³-hybridized carbons (Fsp3) is 0.500. The van der Waals surface area contributed by atoms with Gasteiger partial charge in [0.2, 0.25) is 0 Å². The molecule has 0 unspecified atom stereocenters. The van der Waals surface area contributed by atoms with Gasteiger partial charge >= 0.3 is 0 Å². The molecular formula is C14H22O. The van der Waals surface area contributed by atoms with Crippen molar-refractivity contribution in [2.45, 2.75) is 41.0 Å². The average Bonchev–Trinajstić information content (AvgIpc) is 2.31. The van der Waals surface area contributed by atoms with Crippen LogP contribution in [0.2, 0.25) is 0 Å². The summed E-state index contributed by atoms with van der Waals surface area (Å²) in [6, 6.07) is 7.88. The third-order valence-corrected chi connectivity index (χ3v) is 2.17. The maximum atomic E-state index is 11.5. The van der Waals surface area contributed by atoms with Crippen LogP contribution in [0.1, 0.15) is 50.5 Å². The summed E-state index contributed by atoms with van der Waals surface area (Å²) in [5.74, 6) is 0.315. The first-order valence-electron chi connectivity index (χ1n) is 5.78. The molecule has 84 valence electrons. The van der Waals surface area contributed by atoms with Crippen molar-refractivity contribution < 1.29 is 4.79 Å². The van der Waals surface area contributed by atoms with Gasteiger partial charge in [-0.15, -0.1) is 0 Å². The minimum absolute atomic E-state index is 0.0903. The minimum atomic E-state index is 0.0903. The molecule has 1 rings (SSSR count). The molecule has 1 aromatic rings. The maximum absolute atomic E-state index is 11.5. The lowest BCUT2D eigenvalue weighted by atomic mass is 10.00. The van der Waals surface area contributed by atoms with Crippen molar-refractivity contribution in [2.75, 3.05) is 0 Å². The van der Waals surface area contributed by atoms with Crippen LogP contribution >= 0.6 is 0 Å². The van der Waals surface area contributed by atoms with Crippen LogP contribution in [0, 0.1) is 5.92 Å². The van der Waals surface area contributed by atoms with Crippen LogP contribution in [-0.4, -0.2) is 5.78 Å². The number of rotatable bonds is 3. The number of hydrogen-bond donors (Lipinski definition) is 0. The fourth-order valence-corrected chi connectivity index (χ4v) is 1.24. The van der Waals surface area contributed by atoms with E-state index >= 15 is 0 Å². The zero-order chi connectivity index (χ0) is 11.8. The molecule has 0 radical (unpaired) electrons. The molecule has 0 amide bonds. The first kappa shape index (κ1) is 13.9. The van der Waals surface area contributed by atoms with E-state index in [-0.39, 0.29) is 11.7 Å². The quantitative estimate of drug-likeness (QED) is 0.680. The van der Waals surface area contributed by atoms with Gasteiger partial charge < -0.3 is 0 Å². The number of benzene rings is 1. The number of aryl methyl sites for hydroxylation is 1. The van der Waals surface area contributed by atoms with Crippen LogP contribution < -0.4 is 0 Å². The Morgan fingerprint density at radius 1 is 1.13 bits per heavy atom. The summed E-state index contributed by atoms with van der Waals surface area (Å²) < 4.78 is 0. The molecule has 1 aromatic carbocycles. The van der Waals surface area contributed by atoms with Crippen molar-refractivity contribution in [3.05, 3.63) is 35.4 Å². The van der Waals surface area contributed by atoms with E-state index in [1.54, 1.807) is 0 Å². The SMILES string of the molecule is CC.CCc1ccc(C(=O)C(C)C)cc1. The molecule has 0 fully saturated rings. The Morgan fingerprint density at radius 2 is 1.60 bits per heavy atom. The first-order chi connectivity index (χ1) is 7.15. The van der Waals surface area contributed by atoms with Gasteiger partial charge in [-0.1, -0.05) is 58.9 Å². The molecule has 15 heavy (non-hydrogen) atoms. The smallest absolute Gasteiger partial charge is 0.165 e. The summed E-state index contributed by atoms with van der Waals surface area (Å²) in [4.78, 5) is 11.5. The Bertz CT molecular complexity index is 283. The highest BCUT2D eigenvalue weighted by atomic mass is 16.1. The zero-order valence-electron chi connectivity index (χ0n) is 10.5. The van der Waals surface area contributed by atoms with Crippen molar-refractivity contribution in [3.8, 4) is 0 Å². The predicted molar refractivity (Wildman–Crippen MR) is 66.3 cm³/mol. The van der Waals surface area contributed by atoms with Gasteiger partial charge in [-0.05, 0) is 12.0 Å². The summed E-state index contributed by atoms with van der Waals surface area (Å²) in [7, 11) is 0. The largest absolute Gasteiger partial charge is 0.294 e. The third kappa shape index (κ3) is 4.28. The molecule has 0 N–H and O–H groups in total. The van der Waals surface area contributed by atoms with Gasteiger partial charge in [0, 0.05) is 11.5 Å². The van der Waals surface area contributed by atoms with Gasteiger partial charge in [0.15, 0.2) is 5.78 Å². The highest BCUT2D eigenvalue weighted by Crippen LogP contribution is 2.10. The molecule has 0 heterocycles. The van der Waals surface area contributed by atoms with Crippen molar-refractivity contribution in [1.29, 1.82) is 0 Å². The highest BCUT2D eigenvalue weighted by Gasteiger charge is 2.09. The zero-order valence-corrected chi connectivity index (χ0v) is 10.5. The molecule has 0 aromatic heterocycles. The topological polar surface area (TPSA) is 17.1 Å². The number of Topliss-reactive ketones (excluding diaryl/α,β-unsaturated/α-hetero) is 1.